The van der Waals surface area contributed by atoms with Crippen molar-refractivity contribution in [2.24, 2.45) is 5.41 Å². The van der Waals surface area contributed by atoms with Crippen LogP contribution in [0.4, 0.5) is 17.1 Å². The Morgan fingerprint density at radius 3 is 1.64 bits per heavy atom. The van der Waals surface area contributed by atoms with Crippen molar-refractivity contribution in [3.8, 4) is 11.1 Å². The van der Waals surface area contributed by atoms with Crippen molar-refractivity contribution in [3.05, 3.63) is 213 Å². The summed E-state index contributed by atoms with van der Waals surface area (Å²) in [6, 6.07) is 60.7. The Hall–Kier alpha value is -6.58. The second-order valence-electron chi connectivity index (χ2n) is 31.8. The third-order valence-corrected chi connectivity index (χ3v) is 21.2. The highest BCUT2D eigenvalue weighted by Crippen LogP contribution is 2.63. The molecule has 1 fully saturated rings. The largest absolute Gasteiger partial charge is 0.456 e. The van der Waals surface area contributed by atoms with Gasteiger partial charge in [0.2, 0.25) is 6.71 Å². The van der Waals surface area contributed by atoms with Crippen LogP contribution in [-0.2, 0) is 38.9 Å². The maximum Gasteiger partial charge on any atom is 0.243 e. The smallest absolute Gasteiger partial charge is 0.243 e. The number of fused-ring (bicyclic) bond motifs is 10. The van der Waals surface area contributed by atoms with E-state index in [1.165, 1.54) is 131 Å². The van der Waals surface area contributed by atoms with Crippen molar-refractivity contribution < 1.29 is 4.42 Å². The van der Waals surface area contributed by atoms with Gasteiger partial charge >= 0.3 is 0 Å². The zero-order valence-corrected chi connectivity index (χ0v) is 53.3. The van der Waals surface area contributed by atoms with Crippen molar-refractivity contribution >= 4 is 62.1 Å². The van der Waals surface area contributed by atoms with Crippen molar-refractivity contribution in [1.29, 1.82) is 0 Å². The van der Waals surface area contributed by atoms with Gasteiger partial charge in [-0.3, -0.25) is 0 Å². The van der Waals surface area contributed by atoms with Crippen molar-refractivity contribution in [2.45, 2.75) is 201 Å². The molecule has 0 N–H and O–H groups in total. The minimum absolute atomic E-state index is 0.0137. The minimum atomic E-state index is -0.0656. The van der Waals surface area contributed by atoms with Crippen LogP contribution < -0.4 is 21.3 Å². The zero-order valence-electron chi connectivity index (χ0n) is 53.3. The first-order valence-electron chi connectivity index (χ1n) is 31.6. The van der Waals surface area contributed by atoms with Gasteiger partial charge in [0.05, 0.1) is 0 Å². The molecule has 2 aliphatic carbocycles. The standard InChI is InChI=1S/C80H90BNO/c1-74(2,3)51-25-31-56(32-26-51)82(57-33-27-52(28-34-57)75(4,5)6)58-41-50-42-62(59-35-29-53(76(7,8)9)43-61(59)49-23-19-18-20-24-49)60-36-38-69-71(64-44-54(77(10,11)12)30-37-68(64)83-69)73(60)81-67-46-55(78(13,14)15)45-66-70(67)65(63(47-58)72(50)81)48-79(16)39-21-22-40-80(66,79)17/h18-20,23-38,41,43-47,62,65H,21-22,39-40,42,48H2,1-17H3. The van der Waals surface area contributed by atoms with Gasteiger partial charge in [0.25, 0.3) is 0 Å². The molecular weight excluding hydrogens is 1000 g/mol. The van der Waals surface area contributed by atoms with E-state index < -0.39 is 0 Å². The van der Waals surface area contributed by atoms with Gasteiger partial charge < -0.3 is 9.32 Å². The maximum atomic E-state index is 7.19. The van der Waals surface area contributed by atoms with Crippen LogP contribution in [0, 0.1) is 5.41 Å². The molecule has 1 aromatic heterocycles. The fourth-order valence-electron chi connectivity index (χ4n) is 15.9. The molecule has 4 atom stereocenters. The number of nitrogens with zero attached hydrogens (tertiary/aromatic N) is 1. The van der Waals surface area contributed by atoms with Gasteiger partial charge in [-0.15, -0.1) is 0 Å². The maximum absolute atomic E-state index is 7.19. The lowest BCUT2D eigenvalue weighted by atomic mass is 9.29. The molecule has 8 aromatic carbocycles. The van der Waals surface area contributed by atoms with Crippen LogP contribution in [0.3, 0.4) is 0 Å². The second-order valence-corrected chi connectivity index (χ2v) is 31.8. The third-order valence-electron chi connectivity index (χ3n) is 21.2. The van der Waals surface area contributed by atoms with E-state index in [0.29, 0.717) is 0 Å². The molecule has 83 heavy (non-hydrogen) atoms. The van der Waals surface area contributed by atoms with Crippen LogP contribution in [0.1, 0.15) is 223 Å². The van der Waals surface area contributed by atoms with Crippen LogP contribution in [0.25, 0.3) is 33.1 Å². The summed E-state index contributed by atoms with van der Waals surface area (Å²) in [6.45, 7) is 40.8. The Labute approximate surface area is 498 Å². The van der Waals surface area contributed by atoms with E-state index in [-0.39, 0.29) is 56.5 Å². The van der Waals surface area contributed by atoms with Crippen LogP contribution in [0.5, 0.6) is 0 Å². The van der Waals surface area contributed by atoms with Gasteiger partial charge in [0, 0.05) is 39.7 Å². The SMILES string of the molecule is CC(C)(C)c1ccc(N(c2ccc(C(C)(C)C)cc2)c2cc3c4c(c2)C2CC5(C)CCCCC5(C)c5cc(C(C)(C)C)cc(c52)B4c2c(ccc4oc5ccc(C(C)(C)C)cc5c24)C(c2ccc(C(C)(C)C)cc2-c2ccccc2)C3)cc1. The molecule has 13 rings (SSSR count). The van der Waals surface area contributed by atoms with Crippen LogP contribution >= 0.6 is 0 Å². The molecule has 0 radical (unpaired) electrons. The van der Waals surface area contributed by atoms with E-state index in [1.54, 1.807) is 11.1 Å². The summed E-state index contributed by atoms with van der Waals surface area (Å²) in [5.41, 5.74) is 28.5. The average molecular weight is 1090 g/mol. The normalized spacial score (nSPS) is 20.6. The molecule has 2 nitrogen and oxygen atoms in total. The highest BCUT2D eigenvalue weighted by molar-refractivity contribution is 6.98. The van der Waals surface area contributed by atoms with Crippen LogP contribution in [0.2, 0.25) is 0 Å². The molecule has 0 spiro atoms. The fourth-order valence-corrected chi connectivity index (χ4v) is 15.9. The highest BCUT2D eigenvalue weighted by Gasteiger charge is 2.57. The molecule has 0 bridgehead atoms. The number of rotatable bonds is 5. The lowest BCUT2D eigenvalue weighted by Crippen LogP contribution is -2.62. The second kappa shape index (κ2) is 19.0. The molecule has 4 aliphatic rings. The van der Waals surface area contributed by atoms with Gasteiger partial charge in [0.15, 0.2) is 0 Å². The van der Waals surface area contributed by atoms with E-state index in [2.05, 4.69) is 274 Å². The lowest BCUT2D eigenvalue weighted by molar-refractivity contribution is 0.0602. The summed E-state index contributed by atoms with van der Waals surface area (Å²) in [4.78, 5) is 2.61. The summed E-state index contributed by atoms with van der Waals surface area (Å²) in [7, 11) is 0. The van der Waals surface area contributed by atoms with Crippen molar-refractivity contribution in [3.63, 3.8) is 0 Å². The Morgan fingerprint density at radius 1 is 0.470 bits per heavy atom. The van der Waals surface area contributed by atoms with Crippen molar-refractivity contribution in [1.82, 2.24) is 0 Å². The van der Waals surface area contributed by atoms with Crippen molar-refractivity contribution in [2.75, 3.05) is 4.90 Å². The minimum Gasteiger partial charge on any atom is -0.456 e. The summed E-state index contributed by atoms with van der Waals surface area (Å²) >= 11 is 0. The summed E-state index contributed by atoms with van der Waals surface area (Å²) in [5.74, 6) is 0.238. The number of anilines is 3. The summed E-state index contributed by atoms with van der Waals surface area (Å²) < 4.78 is 7.19. The first kappa shape index (κ1) is 55.6. The molecule has 0 saturated heterocycles. The van der Waals surface area contributed by atoms with E-state index >= 15 is 0 Å². The van der Waals surface area contributed by atoms with E-state index in [4.69, 9.17) is 4.42 Å². The molecule has 4 unspecified atom stereocenters. The summed E-state index contributed by atoms with van der Waals surface area (Å²) in [5, 5.41) is 2.51. The Bertz CT molecular complexity index is 3970. The lowest BCUT2D eigenvalue weighted by Gasteiger charge is -2.58. The predicted octanol–water partition coefficient (Wildman–Crippen LogP) is 20.1. The quantitative estimate of drug-likeness (QED) is 0.160. The Kier molecular flexibility index (Phi) is 12.7. The van der Waals surface area contributed by atoms with Gasteiger partial charge in [-0.05, 0) is 191 Å². The van der Waals surface area contributed by atoms with Gasteiger partial charge in [-0.1, -0.05) is 244 Å². The highest BCUT2D eigenvalue weighted by atomic mass is 16.3. The van der Waals surface area contributed by atoms with Crippen LogP contribution in [0.15, 0.2) is 156 Å². The molecule has 2 aliphatic heterocycles. The number of furan rings is 1. The molecule has 1 saturated carbocycles. The third kappa shape index (κ3) is 9.10. The molecule has 3 heterocycles. The Morgan fingerprint density at radius 2 is 1.02 bits per heavy atom. The molecular formula is C80H90BNO. The van der Waals surface area contributed by atoms with Gasteiger partial charge in [-0.25, -0.2) is 0 Å². The van der Waals surface area contributed by atoms with Crippen LogP contribution in [-0.4, -0.2) is 6.71 Å². The molecule has 9 aromatic rings. The topological polar surface area (TPSA) is 16.4 Å². The summed E-state index contributed by atoms with van der Waals surface area (Å²) in [6.07, 6.45) is 7.03. The van der Waals surface area contributed by atoms with E-state index in [0.717, 1.165) is 24.0 Å². The van der Waals surface area contributed by atoms with E-state index in [9.17, 15) is 0 Å². The predicted molar refractivity (Wildman–Crippen MR) is 357 cm³/mol. The first-order chi connectivity index (χ1) is 39.0. The number of benzene rings is 8. The first-order valence-corrected chi connectivity index (χ1v) is 31.6. The van der Waals surface area contributed by atoms with Gasteiger partial charge in [0.1, 0.15) is 11.2 Å². The average Bonchev–Trinajstić information content (AvgIpc) is 1.73. The fraction of sp³-hybridized carbons (Fsp3) is 0.400. The number of hydrogen-bond donors (Lipinski definition) is 0. The molecule has 0 amide bonds. The van der Waals surface area contributed by atoms with Gasteiger partial charge in [-0.2, -0.15) is 0 Å². The molecule has 424 valence electrons. The molecule has 3 heteroatoms. The zero-order chi connectivity index (χ0) is 58.7. The van der Waals surface area contributed by atoms with E-state index in [1.807, 2.05) is 0 Å². The number of hydrogen-bond acceptors (Lipinski definition) is 2. The Balaban J connectivity index is 1.20. The monoisotopic (exact) mass is 1090 g/mol.